The molecule has 0 aromatic carbocycles. The average molecular weight is 182 g/mol. The summed E-state index contributed by atoms with van der Waals surface area (Å²) in [7, 11) is 0. The SMILES string of the molecule is C=C(N)N1CCC(O)(C(=C)C)CC1. The van der Waals surface area contributed by atoms with Gasteiger partial charge in [0.15, 0.2) is 0 Å². The first kappa shape index (κ1) is 10.1. The molecule has 0 amide bonds. The molecule has 3 nitrogen and oxygen atoms in total. The Labute approximate surface area is 79.5 Å². The zero-order valence-corrected chi connectivity index (χ0v) is 8.21. The highest BCUT2D eigenvalue weighted by Crippen LogP contribution is 2.28. The van der Waals surface area contributed by atoms with Crippen LogP contribution < -0.4 is 5.73 Å². The Balaban J connectivity index is 2.56. The zero-order chi connectivity index (χ0) is 10.1. The monoisotopic (exact) mass is 182 g/mol. The van der Waals surface area contributed by atoms with Gasteiger partial charge in [0.05, 0.1) is 11.4 Å². The van der Waals surface area contributed by atoms with E-state index in [1.807, 2.05) is 11.8 Å². The standard InChI is InChI=1S/C10H18N2O/c1-8(2)10(13)4-6-12(7-5-10)9(3)11/h13H,1,3-7,11H2,2H3. The molecule has 1 aliphatic rings. The number of likely N-dealkylation sites (tertiary alicyclic amines) is 1. The number of hydrogen-bond donors (Lipinski definition) is 2. The average Bonchev–Trinajstić information content (AvgIpc) is 2.04. The van der Waals surface area contributed by atoms with Crippen molar-refractivity contribution >= 4 is 0 Å². The molecule has 0 aromatic rings. The van der Waals surface area contributed by atoms with E-state index >= 15 is 0 Å². The molecule has 0 radical (unpaired) electrons. The van der Waals surface area contributed by atoms with Crippen molar-refractivity contribution in [2.45, 2.75) is 25.4 Å². The predicted octanol–water partition coefficient (Wildman–Crippen LogP) is 0.819. The molecular formula is C10H18N2O. The van der Waals surface area contributed by atoms with Crippen LogP contribution in [0.15, 0.2) is 24.6 Å². The smallest absolute Gasteiger partial charge is 0.0912 e. The quantitative estimate of drug-likeness (QED) is 0.622. The van der Waals surface area contributed by atoms with Gasteiger partial charge in [-0.1, -0.05) is 13.2 Å². The second kappa shape index (κ2) is 3.42. The van der Waals surface area contributed by atoms with E-state index in [4.69, 9.17) is 5.73 Å². The molecular weight excluding hydrogens is 164 g/mol. The van der Waals surface area contributed by atoms with E-state index in [1.165, 1.54) is 0 Å². The van der Waals surface area contributed by atoms with E-state index in [0.717, 1.165) is 18.7 Å². The molecule has 3 N–H and O–H groups in total. The summed E-state index contributed by atoms with van der Waals surface area (Å²) in [5.74, 6) is 0.587. The summed E-state index contributed by atoms with van der Waals surface area (Å²) in [6.07, 6.45) is 1.39. The van der Waals surface area contributed by atoms with E-state index in [0.29, 0.717) is 18.7 Å². The lowest BCUT2D eigenvalue weighted by Gasteiger charge is -2.39. The molecule has 1 fully saturated rings. The van der Waals surface area contributed by atoms with Gasteiger partial charge in [0.1, 0.15) is 0 Å². The summed E-state index contributed by atoms with van der Waals surface area (Å²) in [6, 6.07) is 0. The van der Waals surface area contributed by atoms with E-state index in [2.05, 4.69) is 13.2 Å². The molecule has 1 aliphatic heterocycles. The van der Waals surface area contributed by atoms with Crippen LogP contribution in [0.1, 0.15) is 19.8 Å². The molecule has 0 atom stereocenters. The van der Waals surface area contributed by atoms with Gasteiger partial charge in [0, 0.05) is 13.1 Å². The minimum Gasteiger partial charge on any atom is -0.386 e. The molecule has 0 bridgehead atoms. The van der Waals surface area contributed by atoms with E-state index in [1.54, 1.807) is 0 Å². The van der Waals surface area contributed by atoms with E-state index < -0.39 is 5.60 Å². The van der Waals surface area contributed by atoms with Gasteiger partial charge in [0.25, 0.3) is 0 Å². The molecule has 13 heavy (non-hydrogen) atoms. The van der Waals surface area contributed by atoms with Gasteiger partial charge >= 0.3 is 0 Å². The number of nitrogens with zero attached hydrogens (tertiary/aromatic N) is 1. The van der Waals surface area contributed by atoms with Gasteiger partial charge in [-0.25, -0.2) is 0 Å². The van der Waals surface area contributed by atoms with Crippen LogP contribution in [0.4, 0.5) is 0 Å². The summed E-state index contributed by atoms with van der Waals surface area (Å²) >= 11 is 0. The second-order valence-electron chi connectivity index (χ2n) is 3.79. The minimum absolute atomic E-state index is 0.587. The second-order valence-corrected chi connectivity index (χ2v) is 3.79. The molecule has 1 rings (SSSR count). The summed E-state index contributed by atoms with van der Waals surface area (Å²) < 4.78 is 0. The van der Waals surface area contributed by atoms with Crippen molar-refractivity contribution in [1.29, 1.82) is 0 Å². The molecule has 0 aromatic heterocycles. The Hall–Kier alpha value is -0.960. The van der Waals surface area contributed by atoms with Gasteiger partial charge in [-0.3, -0.25) is 0 Å². The van der Waals surface area contributed by atoms with Crippen LogP contribution in [0.2, 0.25) is 0 Å². The van der Waals surface area contributed by atoms with Crippen LogP contribution in [0, 0.1) is 0 Å². The number of nitrogens with two attached hydrogens (primary N) is 1. The molecule has 0 spiro atoms. The molecule has 0 unspecified atom stereocenters. The normalized spacial score (nSPS) is 21.2. The van der Waals surface area contributed by atoms with Crippen molar-refractivity contribution < 1.29 is 5.11 Å². The fraction of sp³-hybridized carbons (Fsp3) is 0.600. The maximum atomic E-state index is 10.1. The largest absolute Gasteiger partial charge is 0.386 e. The topological polar surface area (TPSA) is 49.5 Å². The predicted molar refractivity (Wildman–Crippen MR) is 53.9 cm³/mol. The van der Waals surface area contributed by atoms with E-state index in [9.17, 15) is 5.11 Å². The Morgan fingerprint density at radius 2 is 1.85 bits per heavy atom. The first-order valence-electron chi connectivity index (χ1n) is 4.53. The lowest BCUT2D eigenvalue weighted by atomic mass is 9.86. The summed E-state index contributed by atoms with van der Waals surface area (Å²) in [4.78, 5) is 1.98. The molecule has 0 saturated carbocycles. The molecule has 74 valence electrons. The first-order valence-corrected chi connectivity index (χ1v) is 4.53. The van der Waals surface area contributed by atoms with Crippen LogP contribution in [0.25, 0.3) is 0 Å². The fourth-order valence-electron chi connectivity index (χ4n) is 1.59. The van der Waals surface area contributed by atoms with E-state index in [-0.39, 0.29) is 0 Å². The third-order valence-corrected chi connectivity index (χ3v) is 2.79. The van der Waals surface area contributed by atoms with Gasteiger partial charge in [0.2, 0.25) is 0 Å². The Morgan fingerprint density at radius 1 is 1.38 bits per heavy atom. The number of piperidine rings is 1. The van der Waals surface area contributed by atoms with Gasteiger partial charge < -0.3 is 15.7 Å². The van der Waals surface area contributed by atoms with Crippen molar-refractivity contribution in [1.82, 2.24) is 4.90 Å². The third-order valence-electron chi connectivity index (χ3n) is 2.79. The maximum absolute atomic E-state index is 10.1. The van der Waals surface area contributed by atoms with Gasteiger partial charge in [-0.05, 0) is 25.3 Å². The summed E-state index contributed by atoms with van der Waals surface area (Å²) in [5, 5.41) is 10.1. The molecule has 1 heterocycles. The lowest BCUT2D eigenvalue weighted by Crippen LogP contribution is -2.45. The highest BCUT2D eigenvalue weighted by Gasteiger charge is 2.32. The van der Waals surface area contributed by atoms with Crippen LogP contribution in [0.3, 0.4) is 0 Å². The number of aliphatic hydroxyl groups is 1. The molecule has 1 saturated heterocycles. The molecule has 0 aliphatic carbocycles. The zero-order valence-electron chi connectivity index (χ0n) is 8.21. The Kier molecular flexibility index (Phi) is 2.66. The fourth-order valence-corrected chi connectivity index (χ4v) is 1.59. The van der Waals surface area contributed by atoms with Gasteiger partial charge in [-0.2, -0.15) is 0 Å². The third kappa shape index (κ3) is 2.04. The minimum atomic E-state index is -0.689. The molecule has 3 heteroatoms. The highest BCUT2D eigenvalue weighted by molar-refractivity contribution is 5.12. The number of hydrogen-bond acceptors (Lipinski definition) is 3. The van der Waals surface area contributed by atoms with Crippen LogP contribution in [0.5, 0.6) is 0 Å². The Morgan fingerprint density at radius 3 is 2.15 bits per heavy atom. The maximum Gasteiger partial charge on any atom is 0.0912 e. The van der Waals surface area contributed by atoms with Crippen LogP contribution in [-0.4, -0.2) is 28.7 Å². The highest BCUT2D eigenvalue weighted by atomic mass is 16.3. The Bertz CT molecular complexity index is 227. The van der Waals surface area contributed by atoms with Crippen LogP contribution >= 0.6 is 0 Å². The van der Waals surface area contributed by atoms with Crippen LogP contribution in [-0.2, 0) is 0 Å². The number of rotatable bonds is 2. The lowest BCUT2D eigenvalue weighted by molar-refractivity contribution is 0.0185. The van der Waals surface area contributed by atoms with Gasteiger partial charge in [-0.15, -0.1) is 0 Å². The first-order chi connectivity index (χ1) is 5.96. The van der Waals surface area contributed by atoms with Crippen molar-refractivity contribution in [2.24, 2.45) is 5.73 Å². The van der Waals surface area contributed by atoms with Crippen molar-refractivity contribution in [3.8, 4) is 0 Å². The summed E-state index contributed by atoms with van der Waals surface area (Å²) in [6.45, 7) is 10.9. The summed E-state index contributed by atoms with van der Waals surface area (Å²) in [5.41, 5.74) is 5.71. The van der Waals surface area contributed by atoms with Crippen molar-refractivity contribution in [3.05, 3.63) is 24.6 Å². The van der Waals surface area contributed by atoms with Crippen molar-refractivity contribution in [3.63, 3.8) is 0 Å². The van der Waals surface area contributed by atoms with Crippen molar-refractivity contribution in [2.75, 3.05) is 13.1 Å².